The van der Waals surface area contributed by atoms with E-state index in [9.17, 15) is 17.6 Å². The van der Waals surface area contributed by atoms with Gasteiger partial charge in [0.2, 0.25) is 10.0 Å². The van der Waals surface area contributed by atoms with Crippen molar-refractivity contribution in [1.29, 1.82) is 0 Å². The minimum Gasteiger partial charge on any atom is -0.381 e. The molecule has 0 unspecified atom stereocenters. The highest BCUT2D eigenvalue weighted by Gasteiger charge is 2.23. The fourth-order valence-corrected chi connectivity index (χ4v) is 4.23. The molecule has 1 aliphatic heterocycles. The zero-order valence-corrected chi connectivity index (χ0v) is 14.5. The van der Waals surface area contributed by atoms with Gasteiger partial charge >= 0.3 is 0 Å². The summed E-state index contributed by atoms with van der Waals surface area (Å²) < 4.78 is 45.2. The van der Waals surface area contributed by atoms with Crippen LogP contribution in [0.2, 0.25) is 10.0 Å². The molecular formula is C14H16Cl2FNO4S. The number of nitrogens with one attached hydrogen (secondary N) is 1. The van der Waals surface area contributed by atoms with E-state index < -0.39 is 28.2 Å². The van der Waals surface area contributed by atoms with Gasteiger partial charge in [-0.15, -0.1) is 0 Å². The van der Waals surface area contributed by atoms with Crippen LogP contribution in [0, 0.1) is 11.7 Å². The molecule has 0 bridgehead atoms. The molecule has 0 spiro atoms. The van der Waals surface area contributed by atoms with Crippen LogP contribution >= 0.6 is 23.2 Å². The number of sulfonamides is 1. The summed E-state index contributed by atoms with van der Waals surface area (Å²) in [7, 11) is -3.63. The van der Waals surface area contributed by atoms with Crippen molar-refractivity contribution in [3.05, 3.63) is 33.6 Å². The molecule has 1 aromatic carbocycles. The fraction of sp³-hybridized carbons (Fsp3) is 0.500. The number of hydrogen-bond donors (Lipinski definition) is 1. The van der Waals surface area contributed by atoms with Crippen LogP contribution in [-0.4, -0.2) is 39.7 Å². The molecule has 128 valence electrons. The second kappa shape index (κ2) is 7.90. The van der Waals surface area contributed by atoms with E-state index in [-0.39, 0.29) is 27.3 Å². The molecule has 1 fully saturated rings. The van der Waals surface area contributed by atoms with Crippen molar-refractivity contribution in [2.24, 2.45) is 5.92 Å². The van der Waals surface area contributed by atoms with Gasteiger partial charge in [-0.1, -0.05) is 23.2 Å². The topological polar surface area (TPSA) is 72.5 Å². The zero-order valence-electron chi connectivity index (χ0n) is 12.1. The fourth-order valence-electron chi connectivity index (χ4n) is 2.31. The maximum Gasteiger partial charge on any atom is 0.212 e. The lowest BCUT2D eigenvalue weighted by Gasteiger charge is -2.21. The number of carbonyl (C=O) groups excluding carboxylic acids is 1. The van der Waals surface area contributed by atoms with Gasteiger partial charge in [0, 0.05) is 18.2 Å². The third kappa shape index (κ3) is 5.39. The maximum absolute atomic E-state index is 13.8. The van der Waals surface area contributed by atoms with E-state index in [1.165, 1.54) is 6.07 Å². The third-order valence-corrected chi connectivity index (χ3v) is 5.53. The van der Waals surface area contributed by atoms with E-state index in [2.05, 4.69) is 4.72 Å². The zero-order chi connectivity index (χ0) is 17.0. The van der Waals surface area contributed by atoms with Gasteiger partial charge in [-0.25, -0.2) is 17.5 Å². The lowest BCUT2D eigenvalue weighted by atomic mass is 10.0. The first-order valence-electron chi connectivity index (χ1n) is 7.01. The van der Waals surface area contributed by atoms with Crippen LogP contribution in [0.4, 0.5) is 4.39 Å². The molecule has 0 aromatic heterocycles. The average molecular weight is 384 g/mol. The van der Waals surface area contributed by atoms with Crippen molar-refractivity contribution in [3.63, 3.8) is 0 Å². The summed E-state index contributed by atoms with van der Waals surface area (Å²) in [5, 5.41) is -0.185. The van der Waals surface area contributed by atoms with E-state index in [1.54, 1.807) is 0 Å². The maximum atomic E-state index is 13.8. The Morgan fingerprint density at radius 2 is 1.96 bits per heavy atom. The molecule has 1 aromatic rings. The first-order valence-corrected chi connectivity index (χ1v) is 9.42. The SMILES string of the molecule is O=C(CNS(=O)(=O)CC1CCOCC1)c1cc(Cl)cc(Cl)c1F. The van der Waals surface area contributed by atoms with Gasteiger partial charge in [0.05, 0.1) is 22.9 Å². The normalized spacial score (nSPS) is 16.5. The van der Waals surface area contributed by atoms with E-state index in [1.807, 2.05) is 0 Å². The number of ether oxygens (including phenoxy) is 1. The molecule has 23 heavy (non-hydrogen) atoms. The van der Waals surface area contributed by atoms with Crippen LogP contribution in [0.5, 0.6) is 0 Å². The number of hydrogen-bond acceptors (Lipinski definition) is 4. The van der Waals surface area contributed by atoms with Crippen molar-refractivity contribution >= 4 is 39.0 Å². The van der Waals surface area contributed by atoms with E-state index in [0.717, 1.165) is 6.07 Å². The third-order valence-electron chi connectivity index (χ3n) is 3.54. The lowest BCUT2D eigenvalue weighted by Crippen LogP contribution is -2.35. The highest BCUT2D eigenvalue weighted by molar-refractivity contribution is 7.89. The molecule has 0 amide bonds. The van der Waals surface area contributed by atoms with Crippen molar-refractivity contribution in [1.82, 2.24) is 4.72 Å². The number of benzene rings is 1. The van der Waals surface area contributed by atoms with Crippen LogP contribution in [-0.2, 0) is 14.8 Å². The summed E-state index contributed by atoms with van der Waals surface area (Å²) in [4.78, 5) is 12.0. The first kappa shape index (κ1) is 18.6. The van der Waals surface area contributed by atoms with Crippen molar-refractivity contribution in [2.75, 3.05) is 25.5 Å². The van der Waals surface area contributed by atoms with Gasteiger partial charge in [0.1, 0.15) is 0 Å². The number of rotatable bonds is 6. The van der Waals surface area contributed by atoms with Crippen LogP contribution in [0.1, 0.15) is 23.2 Å². The van der Waals surface area contributed by atoms with Gasteiger partial charge in [-0.3, -0.25) is 4.79 Å². The van der Waals surface area contributed by atoms with Gasteiger partial charge in [-0.2, -0.15) is 0 Å². The van der Waals surface area contributed by atoms with E-state index in [0.29, 0.717) is 26.1 Å². The minimum absolute atomic E-state index is 0.00583. The molecule has 9 heteroatoms. The van der Waals surface area contributed by atoms with Crippen LogP contribution in [0.3, 0.4) is 0 Å². The molecule has 0 radical (unpaired) electrons. The van der Waals surface area contributed by atoms with Gasteiger partial charge in [0.25, 0.3) is 0 Å². The van der Waals surface area contributed by atoms with Crippen molar-refractivity contribution < 1.29 is 22.3 Å². The van der Waals surface area contributed by atoms with Gasteiger partial charge < -0.3 is 4.74 Å². The van der Waals surface area contributed by atoms with Crippen LogP contribution in [0.15, 0.2) is 12.1 Å². The van der Waals surface area contributed by atoms with Crippen molar-refractivity contribution in [2.45, 2.75) is 12.8 Å². The molecule has 0 aliphatic carbocycles. The monoisotopic (exact) mass is 383 g/mol. The molecule has 0 saturated carbocycles. The second-order valence-corrected chi connectivity index (χ2v) is 8.03. The summed E-state index contributed by atoms with van der Waals surface area (Å²) in [5.74, 6) is -1.73. The Bertz CT molecular complexity index is 690. The lowest BCUT2D eigenvalue weighted by molar-refractivity contribution is 0.0722. The summed E-state index contributed by atoms with van der Waals surface area (Å²) in [6.07, 6.45) is 1.32. The summed E-state index contributed by atoms with van der Waals surface area (Å²) in [6.45, 7) is 0.524. The Kier molecular flexibility index (Phi) is 6.39. The quantitative estimate of drug-likeness (QED) is 0.605. The van der Waals surface area contributed by atoms with Crippen molar-refractivity contribution in [3.8, 4) is 0 Å². The molecule has 1 aliphatic rings. The molecule has 2 rings (SSSR count). The molecule has 1 N–H and O–H groups in total. The first-order chi connectivity index (χ1) is 10.8. The number of carbonyl (C=O) groups is 1. The summed E-state index contributed by atoms with van der Waals surface area (Å²) >= 11 is 11.4. The van der Waals surface area contributed by atoms with E-state index in [4.69, 9.17) is 27.9 Å². The highest BCUT2D eigenvalue weighted by Crippen LogP contribution is 2.24. The summed E-state index contributed by atoms with van der Waals surface area (Å²) in [6, 6.07) is 2.29. The number of ketones is 1. The van der Waals surface area contributed by atoms with E-state index >= 15 is 0 Å². The number of Topliss-reactive ketones (excluding diaryl/α,β-unsaturated/α-hetero) is 1. The Hall–Kier alpha value is -0.730. The second-order valence-electron chi connectivity index (χ2n) is 5.33. The Morgan fingerprint density at radius 1 is 1.30 bits per heavy atom. The number of halogens is 3. The Morgan fingerprint density at radius 3 is 2.61 bits per heavy atom. The van der Waals surface area contributed by atoms with Gasteiger partial charge in [0.15, 0.2) is 11.6 Å². The minimum atomic E-state index is -3.63. The molecule has 1 heterocycles. The van der Waals surface area contributed by atoms with Crippen LogP contribution in [0.25, 0.3) is 0 Å². The molecule has 0 atom stereocenters. The Labute approximate surface area is 144 Å². The largest absolute Gasteiger partial charge is 0.381 e. The smallest absolute Gasteiger partial charge is 0.212 e. The van der Waals surface area contributed by atoms with Crippen LogP contribution < -0.4 is 4.72 Å². The predicted octanol–water partition coefficient (Wildman–Crippen LogP) is 2.66. The van der Waals surface area contributed by atoms with Gasteiger partial charge in [-0.05, 0) is 30.9 Å². The molecule has 5 nitrogen and oxygen atoms in total. The molecule has 1 saturated heterocycles. The molecular weight excluding hydrogens is 368 g/mol. The Balaban J connectivity index is 1.98. The predicted molar refractivity (Wildman–Crippen MR) is 86.1 cm³/mol. The summed E-state index contributed by atoms with van der Waals surface area (Å²) in [5.41, 5.74) is -0.337. The highest BCUT2D eigenvalue weighted by atomic mass is 35.5. The average Bonchev–Trinajstić information content (AvgIpc) is 2.49. The standard InChI is InChI=1S/C14H16Cl2FNO4S/c15-10-5-11(14(17)12(16)6-10)13(19)7-18-23(20,21)8-9-1-3-22-4-2-9/h5-6,9,18H,1-4,7-8H2.